The summed E-state index contributed by atoms with van der Waals surface area (Å²) in [6.07, 6.45) is 1.66. The molecule has 0 unspecified atom stereocenters. The fourth-order valence-corrected chi connectivity index (χ4v) is 3.99. The second kappa shape index (κ2) is 9.41. The van der Waals surface area contributed by atoms with E-state index in [0.29, 0.717) is 22.5 Å². The third-order valence-electron chi connectivity index (χ3n) is 4.76. The summed E-state index contributed by atoms with van der Waals surface area (Å²) >= 11 is 7.30. The number of carbonyl (C=O) groups is 1. The number of amides is 1. The van der Waals surface area contributed by atoms with E-state index in [9.17, 15) is 4.79 Å². The fourth-order valence-electron chi connectivity index (χ4n) is 3.00. The molecule has 1 amide bonds. The topological polar surface area (TPSA) is 64.2 Å². The molecule has 2 aromatic heterocycles. The molecular weight excluding hydrogens is 432 g/mol. The SMILES string of the molecule is Cc1ccc(-n2cnnc2SCC(=O)N(C)Cc2ccc(-c3ccc(Cl)cc3)o2)cc1. The highest BCUT2D eigenvalue weighted by molar-refractivity contribution is 7.99. The zero-order chi connectivity index (χ0) is 21.8. The van der Waals surface area contributed by atoms with Gasteiger partial charge in [0.1, 0.15) is 17.8 Å². The van der Waals surface area contributed by atoms with Crippen LogP contribution in [0.1, 0.15) is 11.3 Å². The van der Waals surface area contributed by atoms with Gasteiger partial charge in [-0.2, -0.15) is 0 Å². The van der Waals surface area contributed by atoms with Gasteiger partial charge in [-0.25, -0.2) is 0 Å². The first-order valence-electron chi connectivity index (χ1n) is 9.68. The second-order valence-corrected chi connectivity index (χ2v) is 8.51. The standard InChI is InChI=1S/C23H21ClN4O2S/c1-16-3-9-19(10-4-16)28-15-25-26-23(28)31-14-22(29)27(2)13-20-11-12-21(30-20)17-5-7-18(24)8-6-17/h3-12,15H,13-14H2,1-2H3. The molecule has 0 N–H and O–H groups in total. The summed E-state index contributed by atoms with van der Waals surface area (Å²) in [6, 6.07) is 19.3. The number of hydrogen-bond acceptors (Lipinski definition) is 5. The van der Waals surface area contributed by atoms with Crippen LogP contribution in [-0.4, -0.2) is 38.4 Å². The minimum atomic E-state index is -0.0205. The van der Waals surface area contributed by atoms with Crippen molar-refractivity contribution in [2.24, 2.45) is 0 Å². The summed E-state index contributed by atoms with van der Waals surface area (Å²) in [6.45, 7) is 2.43. The summed E-state index contributed by atoms with van der Waals surface area (Å²) in [5.41, 5.74) is 3.08. The highest BCUT2D eigenvalue weighted by atomic mass is 35.5. The van der Waals surface area contributed by atoms with E-state index in [1.165, 1.54) is 17.3 Å². The Balaban J connectivity index is 1.35. The number of halogens is 1. The molecule has 0 radical (unpaired) electrons. The predicted octanol–water partition coefficient (Wildman–Crippen LogP) is 5.24. The van der Waals surface area contributed by atoms with Crippen molar-refractivity contribution in [2.45, 2.75) is 18.6 Å². The Labute approximate surface area is 189 Å². The van der Waals surface area contributed by atoms with Crippen molar-refractivity contribution < 1.29 is 9.21 Å². The average molecular weight is 453 g/mol. The Kier molecular flexibility index (Phi) is 6.44. The van der Waals surface area contributed by atoms with E-state index < -0.39 is 0 Å². The van der Waals surface area contributed by atoms with E-state index >= 15 is 0 Å². The number of aromatic nitrogens is 3. The number of carbonyl (C=O) groups excluding carboxylic acids is 1. The van der Waals surface area contributed by atoms with Crippen LogP contribution in [0.5, 0.6) is 0 Å². The van der Waals surface area contributed by atoms with Crippen LogP contribution in [0, 0.1) is 6.92 Å². The van der Waals surface area contributed by atoms with Crippen molar-refractivity contribution in [3.05, 3.63) is 83.3 Å². The van der Waals surface area contributed by atoms with Gasteiger partial charge in [-0.3, -0.25) is 9.36 Å². The van der Waals surface area contributed by atoms with Crippen molar-refractivity contribution in [1.82, 2.24) is 19.7 Å². The molecule has 4 aromatic rings. The molecule has 4 rings (SSSR count). The molecule has 0 fully saturated rings. The maximum atomic E-state index is 12.6. The van der Waals surface area contributed by atoms with Crippen LogP contribution in [0.15, 0.2) is 76.6 Å². The molecule has 0 aliphatic heterocycles. The Morgan fingerprint density at radius 2 is 1.84 bits per heavy atom. The smallest absolute Gasteiger partial charge is 0.233 e. The molecule has 158 valence electrons. The molecular formula is C23H21ClN4O2S. The molecule has 2 aromatic carbocycles. The molecule has 31 heavy (non-hydrogen) atoms. The zero-order valence-electron chi connectivity index (χ0n) is 17.2. The van der Waals surface area contributed by atoms with Gasteiger partial charge in [-0.1, -0.05) is 41.1 Å². The Morgan fingerprint density at radius 1 is 1.10 bits per heavy atom. The van der Waals surface area contributed by atoms with E-state index in [1.807, 2.05) is 72.2 Å². The zero-order valence-corrected chi connectivity index (χ0v) is 18.7. The van der Waals surface area contributed by atoms with E-state index in [-0.39, 0.29) is 11.7 Å². The summed E-state index contributed by atoms with van der Waals surface area (Å²) in [5, 5.41) is 9.50. The quantitative estimate of drug-likeness (QED) is 0.359. The normalized spacial score (nSPS) is 10.9. The number of hydrogen-bond donors (Lipinski definition) is 0. The maximum Gasteiger partial charge on any atom is 0.233 e. The predicted molar refractivity (Wildman–Crippen MR) is 122 cm³/mol. The van der Waals surface area contributed by atoms with Crippen molar-refractivity contribution >= 4 is 29.3 Å². The first kappa shape index (κ1) is 21.2. The number of nitrogens with zero attached hydrogens (tertiary/aromatic N) is 4. The van der Waals surface area contributed by atoms with Crippen LogP contribution in [0.25, 0.3) is 17.0 Å². The third kappa shape index (κ3) is 5.18. The average Bonchev–Trinajstić information content (AvgIpc) is 3.43. The molecule has 0 bridgehead atoms. The van der Waals surface area contributed by atoms with Gasteiger partial charge in [-0.05, 0) is 55.5 Å². The van der Waals surface area contributed by atoms with Gasteiger partial charge in [0, 0.05) is 23.3 Å². The van der Waals surface area contributed by atoms with Crippen molar-refractivity contribution in [3.8, 4) is 17.0 Å². The van der Waals surface area contributed by atoms with E-state index in [4.69, 9.17) is 16.0 Å². The molecule has 0 saturated heterocycles. The van der Waals surface area contributed by atoms with Crippen LogP contribution < -0.4 is 0 Å². The summed E-state index contributed by atoms with van der Waals surface area (Å²) < 4.78 is 7.77. The third-order valence-corrected chi connectivity index (χ3v) is 5.94. The highest BCUT2D eigenvalue weighted by Crippen LogP contribution is 2.25. The number of rotatable bonds is 7. The van der Waals surface area contributed by atoms with Gasteiger partial charge >= 0.3 is 0 Å². The first-order chi connectivity index (χ1) is 15.0. The monoisotopic (exact) mass is 452 g/mol. The van der Waals surface area contributed by atoms with Crippen LogP contribution in [-0.2, 0) is 11.3 Å². The molecule has 0 saturated carbocycles. The van der Waals surface area contributed by atoms with E-state index in [2.05, 4.69) is 10.2 Å². The van der Waals surface area contributed by atoms with E-state index in [1.54, 1.807) is 18.3 Å². The Morgan fingerprint density at radius 3 is 2.58 bits per heavy atom. The first-order valence-corrected chi connectivity index (χ1v) is 11.0. The van der Waals surface area contributed by atoms with Crippen LogP contribution in [0.3, 0.4) is 0 Å². The Bertz CT molecular complexity index is 1170. The van der Waals surface area contributed by atoms with Gasteiger partial charge in [0.2, 0.25) is 5.91 Å². The minimum absolute atomic E-state index is 0.0205. The van der Waals surface area contributed by atoms with Gasteiger partial charge in [0.25, 0.3) is 0 Å². The molecule has 6 nitrogen and oxygen atoms in total. The highest BCUT2D eigenvalue weighted by Gasteiger charge is 2.15. The number of aryl methyl sites for hydroxylation is 1. The molecule has 0 spiro atoms. The Hall–Kier alpha value is -3.03. The van der Waals surface area contributed by atoms with Gasteiger partial charge in [0.15, 0.2) is 5.16 Å². The van der Waals surface area contributed by atoms with Crippen LogP contribution in [0.4, 0.5) is 0 Å². The molecule has 8 heteroatoms. The largest absolute Gasteiger partial charge is 0.459 e. The van der Waals surface area contributed by atoms with Crippen molar-refractivity contribution in [2.75, 3.05) is 12.8 Å². The molecule has 0 aliphatic carbocycles. The van der Waals surface area contributed by atoms with Crippen LogP contribution >= 0.6 is 23.4 Å². The summed E-state index contributed by atoms with van der Waals surface area (Å²) in [5.74, 6) is 1.70. The molecule has 0 aliphatic rings. The van der Waals surface area contributed by atoms with Crippen molar-refractivity contribution in [3.63, 3.8) is 0 Å². The second-order valence-electron chi connectivity index (χ2n) is 7.13. The number of furan rings is 1. The number of benzene rings is 2. The van der Waals surface area contributed by atoms with E-state index in [0.717, 1.165) is 17.0 Å². The lowest BCUT2D eigenvalue weighted by Crippen LogP contribution is -2.27. The minimum Gasteiger partial charge on any atom is -0.459 e. The fraction of sp³-hybridized carbons (Fsp3) is 0.174. The van der Waals surface area contributed by atoms with Crippen molar-refractivity contribution in [1.29, 1.82) is 0 Å². The summed E-state index contributed by atoms with van der Waals surface area (Å²) in [4.78, 5) is 14.3. The molecule has 2 heterocycles. The van der Waals surface area contributed by atoms with Crippen LogP contribution in [0.2, 0.25) is 5.02 Å². The van der Waals surface area contributed by atoms with Gasteiger partial charge in [-0.15, -0.1) is 10.2 Å². The lowest BCUT2D eigenvalue weighted by molar-refractivity contribution is -0.127. The lowest BCUT2D eigenvalue weighted by Gasteiger charge is -2.15. The molecule has 0 atom stereocenters. The van der Waals surface area contributed by atoms with Gasteiger partial charge in [0.05, 0.1) is 12.3 Å². The summed E-state index contributed by atoms with van der Waals surface area (Å²) in [7, 11) is 1.76. The van der Waals surface area contributed by atoms with Gasteiger partial charge < -0.3 is 9.32 Å². The lowest BCUT2D eigenvalue weighted by atomic mass is 10.2. The maximum absolute atomic E-state index is 12.6. The number of thioether (sulfide) groups is 1.